The largest absolute Gasteiger partial charge is 0.369 e. The van der Waals surface area contributed by atoms with Crippen molar-refractivity contribution in [2.45, 2.75) is 27.3 Å². The normalized spacial score (nSPS) is 10.9. The van der Waals surface area contributed by atoms with Gasteiger partial charge in [0.15, 0.2) is 0 Å². The zero-order chi connectivity index (χ0) is 12.8. The van der Waals surface area contributed by atoms with Crippen LogP contribution in [0.4, 0.5) is 10.1 Å². The Balaban J connectivity index is 2.88. The maximum atomic E-state index is 14.0. The van der Waals surface area contributed by atoms with Crippen LogP contribution in [0.2, 0.25) is 0 Å². The summed E-state index contributed by atoms with van der Waals surface area (Å²) in [7, 11) is 1.86. The highest BCUT2D eigenvalue weighted by atomic mass is 19.1. The lowest BCUT2D eigenvalue weighted by molar-refractivity contribution is 0.584. The van der Waals surface area contributed by atoms with Crippen LogP contribution in [-0.4, -0.2) is 20.1 Å². The predicted molar refractivity (Wildman–Crippen MR) is 71.9 cm³/mol. The molecule has 0 aliphatic heterocycles. The molecule has 1 N–H and O–H groups in total. The number of nitrogens with zero attached hydrogens (tertiary/aromatic N) is 1. The van der Waals surface area contributed by atoms with E-state index in [1.807, 2.05) is 19.2 Å². The van der Waals surface area contributed by atoms with Gasteiger partial charge in [-0.25, -0.2) is 4.39 Å². The predicted octanol–water partition coefficient (Wildman–Crippen LogP) is 3.03. The molecule has 1 aromatic carbocycles. The molecule has 1 rings (SSSR count). The fourth-order valence-electron chi connectivity index (χ4n) is 1.96. The van der Waals surface area contributed by atoms with Crippen molar-refractivity contribution in [1.29, 1.82) is 0 Å². The molecular weight excluding hydrogens is 215 g/mol. The van der Waals surface area contributed by atoms with Gasteiger partial charge in [-0.3, -0.25) is 0 Å². The van der Waals surface area contributed by atoms with Gasteiger partial charge in [0.2, 0.25) is 0 Å². The molecule has 17 heavy (non-hydrogen) atoms. The van der Waals surface area contributed by atoms with E-state index in [-0.39, 0.29) is 5.82 Å². The van der Waals surface area contributed by atoms with Crippen LogP contribution in [0.3, 0.4) is 0 Å². The van der Waals surface area contributed by atoms with E-state index in [4.69, 9.17) is 0 Å². The Labute approximate surface area is 104 Å². The standard InChI is InChI=1S/C14H23FN2/c1-5-17(10-11(2)3)14-7-6-12(9-16-4)8-13(14)15/h6-8,11,16H,5,9-10H2,1-4H3. The van der Waals surface area contributed by atoms with Crippen molar-refractivity contribution >= 4 is 5.69 Å². The Morgan fingerprint density at radius 3 is 2.53 bits per heavy atom. The molecule has 0 heterocycles. The third kappa shape index (κ3) is 4.00. The summed E-state index contributed by atoms with van der Waals surface area (Å²) >= 11 is 0. The molecule has 0 atom stereocenters. The van der Waals surface area contributed by atoms with Crippen LogP contribution < -0.4 is 10.2 Å². The Kier molecular flexibility index (Phi) is 5.42. The first-order valence-corrected chi connectivity index (χ1v) is 6.26. The summed E-state index contributed by atoms with van der Waals surface area (Å²) in [5.74, 6) is 0.409. The summed E-state index contributed by atoms with van der Waals surface area (Å²) in [4.78, 5) is 2.09. The molecule has 3 heteroatoms. The average molecular weight is 238 g/mol. The zero-order valence-corrected chi connectivity index (χ0v) is 11.3. The van der Waals surface area contributed by atoms with Crippen LogP contribution in [0.15, 0.2) is 18.2 Å². The van der Waals surface area contributed by atoms with Gasteiger partial charge in [-0.2, -0.15) is 0 Å². The van der Waals surface area contributed by atoms with E-state index in [1.54, 1.807) is 6.07 Å². The third-order valence-electron chi connectivity index (χ3n) is 2.70. The average Bonchev–Trinajstić information content (AvgIpc) is 2.27. The van der Waals surface area contributed by atoms with Crippen molar-refractivity contribution in [2.24, 2.45) is 5.92 Å². The first-order chi connectivity index (χ1) is 8.08. The number of hydrogen-bond acceptors (Lipinski definition) is 2. The van der Waals surface area contributed by atoms with Gasteiger partial charge < -0.3 is 10.2 Å². The highest BCUT2D eigenvalue weighted by Crippen LogP contribution is 2.21. The minimum Gasteiger partial charge on any atom is -0.369 e. The van der Waals surface area contributed by atoms with Crippen molar-refractivity contribution in [3.05, 3.63) is 29.6 Å². The summed E-state index contributed by atoms with van der Waals surface area (Å²) in [6.07, 6.45) is 0. The lowest BCUT2D eigenvalue weighted by Gasteiger charge is -2.25. The van der Waals surface area contributed by atoms with E-state index in [0.29, 0.717) is 18.2 Å². The van der Waals surface area contributed by atoms with Gasteiger partial charge in [-0.05, 0) is 37.6 Å². The molecule has 0 aliphatic carbocycles. The number of halogens is 1. The molecule has 0 spiro atoms. The summed E-state index contributed by atoms with van der Waals surface area (Å²) in [6.45, 7) is 8.78. The fraction of sp³-hybridized carbons (Fsp3) is 0.571. The van der Waals surface area contributed by atoms with Gasteiger partial charge in [0.25, 0.3) is 0 Å². The van der Waals surface area contributed by atoms with E-state index >= 15 is 0 Å². The highest BCUT2D eigenvalue weighted by Gasteiger charge is 2.11. The molecule has 0 unspecified atom stereocenters. The van der Waals surface area contributed by atoms with E-state index in [2.05, 4.69) is 31.0 Å². The number of benzene rings is 1. The number of nitrogens with one attached hydrogen (secondary N) is 1. The number of rotatable bonds is 6. The molecule has 0 saturated carbocycles. The fourth-order valence-corrected chi connectivity index (χ4v) is 1.96. The van der Waals surface area contributed by atoms with Crippen molar-refractivity contribution in [3.8, 4) is 0 Å². The van der Waals surface area contributed by atoms with Gasteiger partial charge in [0, 0.05) is 19.6 Å². The molecule has 1 aromatic rings. The molecular formula is C14H23FN2. The Hall–Kier alpha value is -1.09. The van der Waals surface area contributed by atoms with Gasteiger partial charge in [-0.1, -0.05) is 19.9 Å². The van der Waals surface area contributed by atoms with E-state index in [9.17, 15) is 4.39 Å². The molecule has 0 fully saturated rings. The molecule has 0 aliphatic rings. The first kappa shape index (κ1) is 14.0. The zero-order valence-electron chi connectivity index (χ0n) is 11.3. The third-order valence-corrected chi connectivity index (χ3v) is 2.70. The molecule has 2 nitrogen and oxygen atoms in total. The minimum atomic E-state index is -0.125. The maximum absolute atomic E-state index is 14.0. The topological polar surface area (TPSA) is 15.3 Å². The maximum Gasteiger partial charge on any atom is 0.146 e. The van der Waals surface area contributed by atoms with Crippen molar-refractivity contribution in [2.75, 3.05) is 25.0 Å². The smallest absolute Gasteiger partial charge is 0.146 e. The minimum absolute atomic E-state index is 0.125. The number of anilines is 1. The van der Waals surface area contributed by atoms with Gasteiger partial charge in [-0.15, -0.1) is 0 Å². The second-order valence-corrected chi connectivity index (χ2v) is 4.75. The van der Waals surface area contributed by atoms with Crippen molar-refractivity contribution < 1.29 is 4.39 Å². The van der Waals surface area contributed by atoms with Crippen molar-refractivity contribution in [1.82, 2.24) is 5.32 Å². The van der Waals surface area contributed by atoms with Gasteiger partial charge >= 0.3 is 0 Å². The Morgan fingerprint density at radius 2 is 2.06 bits per heavy atom. The lowest BCUT2D eigenvalue weighted by Crippen LogP contribution is -2.28. The number of hydrogen-bond donors (Lipinski definition) is 1. The summed E-state index contributed by atoms with van der Waals surface area (Å²) in [5.41, 5.74) is 1.69. The summed E-state index contributed by atoms with van der Waals surface area (Å²) < 4.78 is 14.0. The van der Waals surface area contributed by atoms with Crippen LogP contribution in [0, 0.1) is 11.7 Å². The quantitative estimate of drug-likeness (QED) is 0.819. The van der Waals surface area contributed by atoms with E-state index < -0.39 is 0 Å². The SMILES string of the molecule is CCN(CC(C)C)c1ccc(CNC)cc1F. The second kappa shape index (κ2) is 6.60. The molecule has 0 bridgehead atoms. The van der Waals surface area contributed by atoms with Gasteiger partial charge in [0.05, 0.1) is 5.69 Å². The Bertz CT molecular complexity index is 350. The lowest BCUT2D eigenvalue weighted by atomic mass is 10.1. The van der Waals surface area contributed by atoms with E-state index in [0.717, 1.165) is 18.7 Å². The Morgan fingerprint density at radius 1 is 1.35 bits per heavy atom. The molecule has 0 radical (unpaired) electrons. The first-order valence-electron chi connectivity index (χ1n) is 6.26. The van der Waals surface area contributed by atoms with Crippen molar-refractivity contribution in [3.63, 3.8) is 0 Å². The monoisotopic (exact) mass is 238 g/mol. The summed E-state index contributed by atoms with van der Waals surface area (Å²) in [5, 5.41) is 3.03. The second-order valence-electron chi connectivity index (χ2n) is 4.75. The van der Waals surface area contributed by atoms with Gasteiger partial charge in [0.1, 0.15) is 5.82 Å². The van der Waals surface area contributed by atoms with Crippen LogP contribution in [-0.2, 0) is 6.54 Å². The van der Waals surface area contributed by atoms with Crippen LogP contribution in [0.5, 0.6) is 0 Å². The van der Waals surface area contributed by atoms with Crippen LogP contribution in [0.25, 0.3) is 0 Å². The van der Waals surface area contributed by atoms with E-state index in [1.165, 1.54) is 0 Å². The van der Waals surface area contributed by atoms with Crippen LogP contribution >= 0.6 is 0 Å². The highest BCUT2D eigenvalue weighted by molar-refractivity contribution is 5.49. The molecule has 0 aromatic heterocycles. The molecule has 96 valence electrons. The molecule has 0 saturated heterocycles. The molecule has 0 amide bonds. The van der Waals surface area contributed by atoms with Crippen LogP contribution in [0.1, 0.15) is 26.3 Å². The summed E-state index contributed by atoms with van der Waals surface area (Å²) in [6, 6.07) is 5.49.